The predicted molar refractivity (Wildman–Crippen MR) is 77.6 cm³/mol. The summed E-state index contributed by atoms with van der Waals surface area (Å²) in [5.41, 5.74) is -0.271. The lowest BCUT2D eigenvalue weighted by Gasteiger charge is -2.27. The van der Waals surface area contributed by atoms with Gasteiger partial charge in [0.05, 0.1) is 5.56 Å². The molecule has 22 heavy (non-hydrogen) atoms. The van der Waals surface area contributed by atoms with Gasteiger partial charge in [-0.1, -0.05) is 37.3 Å². The topological polar surface area (TPSA) is 29.1 Å². The van der Waals surface area contributed by atoms with Gasteiger partial charge < -0.3 is 5.32 Å². The first-order valence-corrected chi connectivity index (χ1v) is 6.98. The van der Waals surface area contributed by atoms with Crippen molar-refractivity contribution in [3.05, 3.63) is 65.2 Å². The number of rotatable bonds is 2. The summed E-state index contributed by atoms with van der Waals surface area (Å²) in [6.07, 6.45) is -4.05. The maximum atomic E-state index is 13.0. The van der Waals surface area contributed by atoms with E-state index in [0.29, 0.717) is 23.2 Å². The molecular formula is C17H14F3NO. The number of anilines is 1. The van der Waals surface area contributed by atoms with E-state index in [0.717, 1.165) is 12.1 Å². The van der Waals surface area contributed by atoms with Gasteiger partial charge in [0, 0.05) is 5.69 Å². The van der Waals surface area contributed by atoms with Crippen LogP contribution in [0.5, 0.6) is 0 Å². The van der Waals surface area contributed by atoms with Crippen molar-refractivity contribution in [1.82, 2.24) is 0 Å². The minimum Gasteiger partial charge on any atom is -0.325 e. The smallest absolute Gasteiger partial charge is 0.325 e. The molecule has 1 unspecified atom stereocenters. The molecule has 1 atom stereocenters. The lowest BCUT2D eigenvalue weighted by Crippen LogP contribution is -2.35. The molecule has 0 fully saturated rings. The summed E-state index contributed by atoms with van der Waals surface area (Å²) in [6.45, 7) is 1.81. The molecule has 5 heteroatoms. The molecular weight excluding hydrogens is 291 g/mol. The van der Waals surface area contributed by atoms with Crippen LogP contribution in [0.3, 0.4) is 0 Å². The summed E-state index contributed by atoms with van der Waals surface area (Å²) in [4.78, 5) is 12.6. The summed E-state index contributed by atoms with van der Waals surface area (Å²) in [5.74, 6) is -0.282. The molecule has 0 radical (unpaired) electrons. The molecule has 0 saturated heterocycles. The van der Waals surface area contributed by atoms with Crippen molar-refractivity contribution >= 4 is 11.6 Å². The zero-order valence-corrected chi connectivity index (χ0v) is 11.9. The van der Waals surface area contributed by atoms with Crippen LogP contribution in [-0.2, 0) is 16.4 Å². The van der Waals surface area contributed by atoms with Gasteiger partial charge in [-0.2, -0.15) is 13.2 Å². The van der Waals surface area contributed by atoms with Crippen molar-refractivity contribution in [2.75, 3.05) is 5.32 Å². The van der Waals surface area contributed by atoms with Gasteiger partial charge in [-0.25, -0.2) is 0 Å². The Bertz CT molecular complexity index is 724. The maximum absolute atomic E-state index is 13.0. The van der Waals surface area contributed by atoms with Gasteiger partial charge in [0.25, 0.3) is 0 Å². The normalized spacial score (nSPS) is 20.6. The standard InChI is InChI=1S/C17H14F3NO/c1-2-16(11-6-4-3-5-7-11)13-10-12(17(18,19)20)8-9-14(13)21-15(16)22/h3-10H,2H2,1H3,(H,21,22). The predicted octanol–water partition coefficient (Wildman–Crippen LogP) is 4.35. The molecule has 0 bridgehead atoms. The molecule has 2 nitrogen and oxygen atoms in total. The molecule has 0 aromatic heterocycles. The van der Waals surface area contributed by atoms with Crippen molar-refractivity contribution in [3.63, 3.8) is 0 Å². The summed E-state index contributed by atoms with van der Waals surface area (Å²) in [5, 5.41) is 2.71. The first-order valence-electron chi connectivity index (χ1n) is 6.98. The molecule has 3 rings (SSSR count). The Hall–Kier alpha value is -2.30. The largest absolute Gasteiger partial charge is 0.416 e. The highest BCUT2D eigenvalue weighted by Crippen LogP contribution is 2.46. The first kappa shape index (κ1) is 14.6. The van der Waals surface area contributed by atoms with E-state index in [1.807, 2.05) is 13.0 Å². The van der Waals surface area contributed by atoms with Gasteiger partial charge in [0.1, 0.15) is 5.41 Å². The van der Waals surface area contributed by atoms with Crippen molar-refractivity contribution in [2.24, 2.45) is 0 Å². The van der Waals surface area contributed by atoms with Crippen molar-refractivity contribution in [3.8, 4) is 0 Å². The van der Waals surface area contributed by atoms with E-state index < -0.39 is 17.2 Å². The number of nitrogens with one attached hydrogen (secondary N) is 1. The Morgan fingerprint density at radius 1 is 1.09 bits per heavy atom. The van der Waals surface area contributed by atoms with Crippen LogP contribution in [0, 0.1) is 0 Å². The van der Waals surface area contributed by atoms with Crippen molar-refractivity contribution in [1.29, 1.82) is 0 Å². The third-order valence-corrected chi connectivity index (χ3v) is 4.24. The van der Waals surface area contributed by atoms with Crippen LogP contribution in [0.1, 0.15) is 30.0 Å². The molecule has 1 N–H and O–H groups in total. The number of carbonyl (C=O) groups excluding carboxylic acids is 1. The summed E-state index contributed by atoms with van der Waals surface area (Å²) >= 11 is 0. The second-order valence-electron chi connectivity index (χ2n) is 5.34. The fourth-order valence-corrected chi connectivity index (χ4v) is 3.10. The number of hydrogen-bond acceptors (Lipinski definition) is 1. The van der Waals surface area contributed by atoms with E-state index in [9.17, 15) is 18.0 Å². The molecule has 1 aliphatic rings. The number of benzene rings is 2. The monoisotopic (exact) mass is 305 g/mol. The van der Waals surface area contributed by atoms with Crippen LogP contribution >= 0.6 is 0 Å². The highest BCUT2D eigenvalue weighted by atomic mass is 19.4. The molecule has 1 heterocycles. The Morgan fingerprint density at radius 2 is 1.77 bits per heavy atom. The molecule has 0 spiro atoms. The average molecular weight is 305 g/mol. The third kappa shape index (κ3) is 2.00. The lowest BCUT2D eigenvalue weighted by atomic mass is 9.73. The second kappa shape index (κ2) is 4.87. The van der Waals surface area contributed by atoms with Crippen LogP contribution in [-0.4, -0.2) is 5.91 Å². The number of alkyl halides is 3. The van der Waals surface area contributed by atoms with Gasteiger partial charge >= 0.3 is 6.18 Å². The fraction of sp³-hybridized carbons (Fsp3) is 0.235. The van der Waals surface area contributed by atoms with E-state index in [4.69, 9.17) is 0 Å². The Balaban J connectivity index is 2.25. The van der Waals surface area contributed by atoms with Crippen molar-refractivity contribution in [2.45, 2.75) is 24.9 Å². The van der Waals surface area contributed by atoms with Gasteiger partial charge in [-0.3, -0.25) is 4.79 Å². The number of halogens is 3. The highest BCUT2D eigenvalue weighted by Gasteiger charge is 2.47. The van der Waals surface area contributed by atoms with Crippen LogP contribution in [0.2, 0.25) is 0 Å². The zero-order valence-electron chi connectivity index (χ0n) is 11.9. The van der Waals surface area contributed by atoms with Crippen LogP contribution < -0.4 is 5.32 Å². The van der Waals surface area contributed by atoms with E-state index in [2.05, 4.69) is 5.32 Å². The van der Waals surface area contributed by atoms with E-state index in [1.54, 1.807) is 24.3 Å². The molecule has 2 aromatic carbocycles. The molecule has 2 aromatic rings. The average Bonchev–Trinajstić information content (AvgIpc) is 2.78. The van der Waals surface area contributed by atoms with E-state index >= 15 is 0 Å². The SMILES string of the molecule is CCC1(c2ccccc2)C(=O)Nc2ccc(C(F)(F)F)cc21. The molecule has 1 aliphatic heterocycles. The molecule has 114 valence electrons. The highest BCUT2D eigenvalue weighted by molar-refractivity contribution is 6.08. The van der Waals surface area contributed by atoms with Crippen LogP contribution in [0.4, 0.5) is 18.9 Å². The number of hydrogen-bond donors (Lipinski definition) is 1. The number of amides is 1. The Kier molecular flexibility index (Phi) is 3.24. The third-order valence-electron chi connectivity index (χ3n) is 4.24. The van der Waals surface area contributed by atoms with Gasteiger partial charge in [-0.05, 0) is 35.7 Å². The quantitative estimate of drug-likeness (QED) is 0.878. The van der Waals surface area contributed by atoms with Gasteiger partial charge in [-0.15, -0.1) is 0 Å². The summed E-state index contributed by atoms with van der Waals surface area (Å²) in [6, 6.07) is 12.3. The van der Waals surface area contributed by atoms with Gasteiger partial charge in [0.2, 0.25) is 5.91 Å². The van der Waals surface area contributed by atoms with Crippen molar-refractivity contribution < 1.29 is 18.0 Å². The Labute approximate surface area is 126 Å². The minimum atomic E-state index is -4.43. The molecule has 0 aliphatic carbocycles. The molecule has 0 saturated carbocycles. The molecule has 1 amide bonds. The van der Waals surface area contributed by atoms with Crippen LogP contribution in [0.15, 0.2) is 48.5 Å². The fourth-order valence-electron chi connectivity index (χ4n) is 3.10. The minimum absolute atomic E-state index is 0.282. The summed E-state index contributed by atoms with van der Waals surface area (Å²) in [7, 11) is 0. The number of carbonyl (C=O) groups is 1. The zero-order chi connectivity index (χ0) is 16.0. The summed E-state index contributed by atoms with van der Waals surface area (Å²) < 4.78 is 39.0. The van der Waals surface area contributed by atoms with Crippen LogP contribution in [0.25, 0.3) is 0 Å². The maximum Gasteiger partial charge on any atom is 0.416 e. The number of fused-ring (bicyclic) bond motifs is 1. The Morgan fingerprint density at radius 3 is 2.36 bits per heavy atom. The first-order chi connectivity index (χ1) is 10.4. The van der Waals surface area contributed by atoms with E-state index in [1.165, 1.54) is 6.07 Å². The lowest BCUT2D eigenvalue weighted by molar-refractivity contribution is -0.137. The van der Waals surface area contributed by atoms with Gasteiger partial charge in [0.15, 0.2) is 0 Å². The van der Waals surface area contributed by atoms with E-state index in [-0.39, 0.29) is 5.91 Å². The second-order valence-corrected chi connectivity index (χ2v) is 5.34.